The van der Waals surface area contributed by atoms with Crippen LogP contribution in [0.2, 0.25) is 0 Å². The number of aliphatic hydroxyl groups excluding tert-OH is 1. The van der Waals surface area contributed by atoms with E-state index in [2.05, 4.69) is 17.6 Å². The van der Waals surface area contributed by atoms with E-state index in [-0.39, 0.29) is 24.9 Å². The van der Waals surface area contributed by atoms with E-state index in [1.807, 2.05) is 0 Å². The Balaban J connectivity index is 2.26. The van der Waals surface area contributed by atoms with Crippen LogP contribution in [0.4, 0.5) is 0 Å². The van der Waals surface area contributed by atoms with Gasteiger partial charge in [0.2, 0.25) is 5.91 Å². The van der Waals surface area contributed by atoms with Crippen LogP contribution in [-0.4, -0.2) is 47.3 Å². The third-order valence-corrected chi connectivity index (χ3v) is 3.41. The largest absolute Gasteiger partial charge is 0.479 e. The number of hydrogen-bond donors (Lipinski definition) is 4. The number of hydrogen-bond acceptors (Lipinski definition) is 4. The van der Waals surface area contributed by atoms with Crippen LogP contribution in [0.3, 0.4) is 0 Å². The summed E-state index contributed by atoms with van der Waals surface area (Å²) in [6, 6.07) is -0.189. The van der Waals surface area contributed by atoms with Crippen molar-refractivity contribution in [3.8, 4) is 0 Å². The number of amides is 1. The van der Waals surface area contributed by atoms with Crippen LogP contribution < -0.4 is 10.6 Å². The number of carbonyl (C=O) groups is 2. The molecule has 1 fully saturated rings. The number of carbonyl (C=O) groups excluding carboxylic acids is 1. The van der Waals surface area contributed by atoms with Gasteiger partial charge in [0.15, 0.2) is 6.10 Å². The summed E-state index contributed by atoms with van der Waals surface area (Å²) in [5, 5.41) is 23.4. The minimum atomic E-state index is -1.41. The standard InChI is InChI=1S/C12H22N2O4/c1-2-8-3-5-13-9(7-8)11(16)14-6-4-10(15)12(17)18/h8-10,13,15H,2-7H2,1H3,(H,14,16)(H,17,18). The van der Waals surface area contributed by atoms with Gasteiger partial charge in [-0.3, -0.25) is 4.79 Å². The molecule has 0 spiro atoms. The van der Waals surface area contributed by atoms with E-state index in [9.17, 15) is 9.59 Å². The Bertz CT molecular complexity index is 296. The first kappa shape index (κ1) is 14.9. The lowest BCUT2D eigenvalue weighted by atomic mass is 9.90. The molecule has 3 atom stereocenters. The molecule has 6 heteroatoms. The van der Waals surface area contributed by atoms with E-state index in [0.717, 1.165) is 25.8 Å². The van der Waals surface area contributed by atoms with E-state index in [4.69, 9.17) is 10.2 Å². The molecule has 104 valence electrons. The molecular weight excluding hydrogens is 236 g/mol. The first-order chi connectivity index (χ1) is 8.54. The zero-order valence-corrected chi connectivity index (χ0v) is 10.7. The number of aliphatic hydroxyl groups is 1. The van der Waals surface area contributed by atoms with E-state index < -0.39 is 12.1 Å². The number of nitrogens with one attached hydrogen (secondary N) is 2. The minimum Gasteiger partial charge on any atom is -0.479 e. The molecule has 0 saturated carbocycles. The van der Waals surface area contributed by atoms with Gasteiger partial charge in [-0.2, -0.15) is 0 Å². The molecule has 0 aromatic carbocycles. The summed E-state index contributed by atoms with van der Waals surface area (Å²) in [5.74, 6) is -0.788. The van der Waals surface area contributed by atoms with Crippen molar-refractivity contribution >= 4 is 11.9 Å². The van der Waals surface area contributed by atoms with Gasteiger partial charge in [-0.05, 0) is 25.3 Å². The molecule has 6 nitrogen and oxygen atoms in total. The van der Waals surface area contributed by atoms with Crippen molar-refractivity contribution in [1.29, 1.82) is 0 Å². The summed E-state index contributed by atoms with van der Waals surface area (Å²) in [5.41, 5.74) is 0. The maximum absolute atomic E-state index is 11.8. The molecule has 0 aliphatic carbocycles. The zero-order chi connectivity index (χ0) is 13.5. The highest BCUT2D eigenvalue weighted by Crippen LogP contribution is 2.19. The van der Waals surface area contributed by atoms with Crippen LogP contribution in [0.25, 0.3) is 0 Å². The average molecular weight is 258 g/mol. The number of rotatable bonds is 6. The van der Waals surface area contributed by atoms with Gasteiger partial charge in [0.05, 0.1) is 6.04 Å². The predicted octanol–water partition coefficient (Wildman–Crippen LogP) is -0.284. The molecule has 1 amide bonds. The van der Waals surface area contributed by atoms with Gasteiger partial charge in [0, 0.05) is 13.0 Å². The third-order valence-electron chi connectivity index (χ3n) is 3.41. The van der Waals surface area contributed by atoms with Gasteiger partial charge in [-0.1, -0.05) is 13.3 Å². The van der Waals surface area contributed by atoms with E-state index in [0.29, 0.717) is 5.92 Å². The normalized spacial score (nSPS) is 25.4. The molecule has 1 heterocycles. The number of carboxylic acid groups (broad SMARTS) is 1. The van der Waals surface area contributed by atoms with E-state index >= 15 is 0 Å². The second kappa shape index (κ2) is 7.33. The number of carboxylic acids is 1. The summed E-state index contributed by atoms with van der Waals surface area (Å²) >= 11 is 0. The molecule has 1 rings (SSSR count). The molecule has 3 unspecified atom stereocenters. The summed E-state index contributed by atoms with van der Waals surface area (Å²) in [7, 11) is 0. The van der Waals surface area contributed by atoms with Crippen LogP contribution in [0.15, 0.2) is 0 Å². The van der Waals surface area contributed by atoms with E-state index in [1.165, 1.54) is 0 Å². The number of aliphatic carboxylic acids is 1. The van der Waals surface area contributed by atoms with Gasteiger partial charge in [-0.25, -0.2) is 4.79 Å². The van der Waals surface area contributed by atoms with Crippen molar-refractivity contribution in [2.45, 2.75) is 44.8 Å². The minimum absolute atomic E-state index is 0.0327. The SMILES string of the molecule is CCC1CCNC(C(=O)NCCC(O)C(=O)O)C1. The van der Waals surface area contributed by atoms with Crippen molar-refractivity contribution in [2.24, 2.45) is 5.92 Å². The molecule has 1 aliphatic rings. The molecule has 1 aliphatic heterocycles. The number of piperidine rings is 1. The highest BCUT2D eigenvalue weighted by molar-refractivity contribution is 5.81. The lowest BCUT2D eigenvalue weighted by Crippen LogP contribution is -2.49. The van der Waals surface area contributed by atoms with Gasteiger partial charge < -0.3 is 20.8 Å². The fourth-order valence-electron chi connectivity index (χ4n) is 2.15. The monoisotopic (exact) mass is 258 g/mol. The molecule has 0 radical (unpaired) electrons. The molecular formula is C12H22N2O4. The molecule has 1 saturated heterocycles. The first-order valence-electron chi connectivity index (χ1n) is 6.46. The van der Waals surface area contributed by atoms with Crippen molar-refractivity contribution in [3.05, 3.63) is 0 Å². The highest BCUT2D eigenvalue weighted by Gasteiger charge is 2.25. The molecule has 4 N–H and O–H groups in total. The second-order valence-corrected chi connectivity index (χ2v) is 4.74. The Kier molecular flexibility index (Phi) is 6.07. The Hall–Kier alpha value is -1.14. The summed E-state index contributed by atoms with van der Waals surface area (Å²) in [4.78, 5) is 22.2. The van der Waals surface area contributed by atoms with Crippen LogP contribution in [0.1, 0.15) is 32.6 Å². The van der Waals surface area contributed by atoms with Crippen LogP contribution >= 0.6 is 0 Å². The summed E-state index contributed by atoms with van der Waals surface area (Å²) in [6.45, 7) is 3.14. The van der Waals surface area contributed by atoms with Crippen LogP contribution in [0.5, 0.6) is 0 Å². The van der Waals surface area contributed by atoms with Gasteiger partial charge in [-0.15, -0.1) is 0 Å². The quantitative estimate of drug-likeness (QED) is 0.525. The van der Waals surface area contributed by atoms with Gasteiger partial charge in [0.25, 0.3) is 0 Å². The second-order valence-electron chi connectivity index (χ2n) is 4.74. The fourth-order valence-corrected chi connectivity index (χ4v) is 2.15. The molecule has 0 aromatic rings. The molecule has 0 aromatic heterocycles. The zero-order valence-electron chi connectivity index (χ0n) is 10.7. The molecule has 18 heavy (non-hydrogen) atoms. The predicted molar refractivity (Wildman–Crippen MR) is 66.1 cm³/mol. The van der Waals surface area contributed by atoms with Crippen molar-refractivity contribution < 1.29 is 19.8 Å². The Morgan fingerprint density at radius 1 is 1.50 bits per heavy atom. The maximum atomic E-state index is 11.8. The maximum Gasteiger partial charge on any atom is 0.332 e. The van der Waals surface area contributed by atoms with Crippen molar-refractivity contribution in [3.63, 3.8) is 0 Å². The van der Waals surface area contributed by atoms with Crippen molar-refractivity contribution in [2.75, 3.05) is 13.1 Å². The Morgan fingerprint density at radius 2 is 2.22 bits per heavy atom. The Morgan fingerprint density at radius 3 is 2.83 bits per heavy atom. The van der Waals surface area contributed by atoms with Gasteiger partial charge in [0.1, 0.15) is 0 Å². The average Bonchev–Trinajstić information content (AvgIpc) is 2.38. The molecule has 0 bridgehead atoms. The van der Waals surface area contributed by atoms with Crippen molar-refractivity contribution in [1.82, 2.24) is 10.6 Å². The van der Waals surface area contributed by atoms with Crippen LogP contribution in [-0.2, 0) is 9.59 Å². The summed E-state index contributed by atoms with van der Waals surface area (Å²) in [6.07, 6.45) is 1.61. The van der Waals surface area contributed by atoms with E-state index in [1.54, 1.807) is 0 Å². The lowest BCUT2D eigenvalue weighted by Gasteiger charge is -2.28. The first-order valence-corrected chi connectivity index (χ1v) is 6.46. The summed E-state index contributed by atoms with van der Waals surface area (Å²) < 4.78 is 0. The highest BCUT2D eigenvalue weighted by atomic mass is 16.4. The smallest absolute Gasteiger partial charge is 0.332 e. The fraction of sp³-hybridized carbons (Fsp3) is 0.833. The van der Waals surface area contributed by atoms with Gasteiger partial charge >= 0.3 is 5.97 Å². The lowest BCUT2D eigenvalue weighted by molar-refractivity contribution is -0.147. The topological polar surface area (TPSA) is 98.7 Å². The third kappa shape index (κ3) is 4.62. The van der Waals surface area contributed by atoms with Crippen LogP contribution in [0, 0.1) is 5.92 Å². The Labute approximate surface area is 107 Å².